The SMILES string of the molecule is Cn1cncc1/C(N)=C/N(N)c1cccc(C(=O)Nc2cc(F)cc(C(F)(F)F)c2)c1. The third-order valence-electron chi connectivity index (χ3n) is 4.28. The molecule has 0 aliphatic rings. The number of carbonyl (C=O) groups is 1. The summed E-state index contributed by atoms with van der Waals surface area (Å²) in [7, 11) is 1.76. The van der Waals surface area contributed by atoms with Gasteiger partial charge in [-0.3, -0.25) is 9.80 Å². The molecule has 5 N–H and O–H groups in total. The van der Waals surface area contributed by atoms with Crippen molar-refractivity contribution in [3.63, 3.8) is 0 Å². The van der Waals surface area contributed by atoms with Crippen LogP contribution in [-0.4, -0.2) is 15.5 Å². The Kier molecular flexibility index (Phi) is 5.97. The van der Waals surface area contributed by atoms with E-state index < -0.39 is 23.5 Å². The van der Waals surface area contributed by atoms with Crippen LogP contribution in [0.25, 0.3) is 5.70 Å². The summed E-state index contributed by atoms with van der Waals surface area (Å²) in [6.45, 7) is 0. The molecule has 1 aromatic heterocycles. The van der Waals surface area contributed by atoms with E-state index in [1.165, 1.54) is 29.4 Å². The van der Waals surface area contributed by atoms with Crippen molar-refractivity contribution < 1.29 is 22.4 Å². The molecule has 3 aromatic rings. The molecule has 0 fully saturated rings. The summed E-state index contributed by atoms with van der Waals surface area (Å²) >= 11 is 0. The lowest BCUT2D eigenvalue weighted by atomic mass is 10.1. The first-order valence-corrected chi connectivity index (χ1v) is 8.81. The topological polar surface area (TPSA) is 102 Å². The number of anilines is 2. The first-order valence-electron chi connectivity index (χ1n) is 8.81. The highest BCUT2D eigenvalue weighted by Gasteiger charge is 2.31. The molecule has 0 saturated heterocycles. The van der Waals surface area contributed by atoms with Crippen molar-refractivity contribution in [2.45, 2.75) is 6.18 Å². The lowest BCUT2D eigenvalue weighted by Gasteiger charge is -2.16. The summed E-state index contributed by atoms with van der Waals surface area (Å²) < 4.78 is 53.8. The molecule has 0 radical (unpaired) electrons. The van der Waals surface area contributed by atoms with Crippen molar-refractivity contribution in [1.29, 1.82) is 0 Å². The number of nitrogens with zero attached hydrogens (tertiary/aromatic N) is 3. The van der Waals surface area contributed by atoms with Gasteiger partial charge in [0.25, 0.3) is 5.91 Å². The van der Waals surface area contributed by atoms with Gasteiger partial charge >= 0.3 is 6.18 Å². The van der Waals surface area contributed by atoms with Crippen LogP contribution in [-0.2, 0) is 13.2 Å². The third-order valence-corrected chi connectivity index (χ3v) is 4.28. The van der Waals surface area contributed by atoms with Gasteiger partial charge in [0.1, 0.15) is 5.82 Å². The van der Waals surface area contributed by atoms with Crippen LogP contribution in [0.4, 0.5) is 28.9 Å². The third kappa shape index (κ3) is 5.20. The normalized spacial score (nSPS) is 12.0. The number of alkyl halides is 3. The summed E-state index contributed by atoms with van der Waals surface area (Å²) in [5.41, 5.74) is 5.90. The molecule has 1 heterocycles. The molecular formula is C20H18F4N6O. The Bertz CT molecular complexity index is 1140. The van der Waals surface area contributed by atoms with Crippen molar-refractivity contribution in [3.8, 4) is 0 Å². The average molecular weight is 434 g/mol. The fourth-order valence-corrected chi connectivity index (χ4v) is 2.76. The Morgan fingerprint density at radius 3 is 2.61 bits per heavy atom. The van der Waals surface area contributed by atoms with E-state index in [1.54, 1.807) is 30.2 Å². The van der Waals surface area contributed by atoms with E-state index in [2.05, 4.69) is 10.3 Å². The maximum absolute atomic E-state index is 13.5. The Balaban J connectivity index is 1.81. The zero-order valence-corrected chi connectivity index (χ0v) is 16.2. The molecule has 7 nitrogen and oxygen atoms in total. The molecule has 0 atom stereocenters. The van der Waals surface area contributed by atoms with Crippen LogP contribution in [0.2, 0.25) is 0 Å². The summed E-state index contributed by atoms with van der Waals surface area (Å²) in [5.74, 6) is 4.14. The number of hydrazine groups is 1. The standard InChI is InChI=1S/C20H18F4N6O/c1-29-11-27-9-18(29)17(25)10-30(26)16-4-2-3-12(5-16)19(31)28-15-7-13(20(22,23)24)6-14(21)8-15/h2-11H,25-26H2,1H3,(H,28,31)/b17-10-. The predicted octanol–water partition coefficient (Wildman–Crippen LogP) is 3.47. The number of hydrogen-bond acceptors (Lipinski definition) is 5. The monoisotopic (exact) mass is 434 g/mol. The lowest BCUT2D eigenvalue weighted by molar-refractivity contribution is -0.137. The van der Waals surface area contributed by atoms with Gasteiger partial charge in [-0.1, -0.05) is 6.07 Å². The van der Waals surface area contributed by atoms with Gasteiger partial charge in [0.2, 0.25) is 0 Å². The van der Waals surface area contributed by atoms with Crippen LogP contribution >= 0.6 is 0 Å². The highest BCUT2D eigenvalue weighted by molar-refractivity contribution is 6.04. The van der Waals surface area contributed by atoms with E-state index in [9.17, 15) is 22.4 Å². The summed E-state index contributed by atoms with van der Waals surface area (Å²) in [6.07, 6.45) is -0.200. The van der Waals surface area contributed by atoms with Gasteiger partial charge in [0, 0.05) is 24.5 Å². The molecule has 11 heteroatoms. The number of amides is 1. The van der Waals surface area contributed by atoms with Crippen LogP contribution in [0.5, 0.6) is 0 Å². The maximum atomic E-state index is 13.5. The molecule has 0 aliphatic carbocycles. The van der Waals surface area contributed by atoms with Gasteiger partial charge in [-0.05, 0) is 36.4 Å². The number of halogens is 4. The maximum Gasteiger partial charge on any atom is 0.416 e. The Labute approximate surface area is 174 Å². The molecule has 162 valence electrons. The fourth-order valence-electron chi connectivity index (χ4n) is 2.76. The number of aryl methyl sites for hydroxylation is 1. The first-order chi connectivity index (χ1) is 14.5. The second-order valence-electron chi connectivity index (χ2n) is 6.61. The summed E-state index contributed by atoms with van der Waals surface area (Å²) in [5, 5.41) is 3.44. The Hall–Kier alpha value is -3.86. The van der Waals surface area contributed by atoms with Crippen LogP contribution < -0.4 is 21.9 Å². The summed E-state index contributed by atoms with van der Waals surface area (Å²) in [4.78, 5) is 16.4. The van der Waals surface area contributed by atoms with Crippen LogP contribution in [0.3, 0.4) is 0 Å². The van der Waals surface area contributed by atoms with Crippen molar-refractivity contribution in [3.05, 3.63) is 83.8 Å². The van der Waals surface area contributed by atoms with Crippen molar-refractivity contribution in [2.75, 3.05) is 10.3 Å². The molecule has 2 aromatic carbocycles. The molecule has 31 heavy (non-hydrogen) atoms. The molecule has 3 rings (SSSR count). The van der Waals surface area contributed by atoms with E-state index >= 15 is 0 Å². The number of rotatable bonds is 5. The zero-order valence-electron chi connectivity index (χ0n) is 16.2. The number of imidazole rings is 1. The first kappa shape index (κ1) is 21.8. The van der Waals surface area contributed by atoms with Crippen molar-refractivity contribution >= 4 is 23.0 Å². The minimum atomic E-state index is -4.75. The number of aromatic nitrogens is 2. The number of benzene rings is 2. The molecule has 0 saturated carbocycles. The van der Waals surface area contributed by atoms with Gasteiger partial charge in [-0.25, -0.2) is 15.2 Å². The largest absolute Gasteiger partial charge is 0.416 e. The smallest absolute Gasteiger partial charge is 0.396 e. The molecule has 0 spiro atoms. The highest BCUT2D eigenvalue weighted by Crippen LogP contribution is 2.31. The minimum Gasteiger partial charge on any atom is -0.396 e. The zero-order chi connectivity index (χ0) is 22.8. The van der Waals surface area contributed by atoms with Gasteiger partial charge in [-0.15, -0.1) is 0 Å². The highest BCUT2D eigenvalue weighted by atomic mass is 19.4. The predicted molar refractivity (Wildman–Crippen MR) is 108 cm³/mol. The Morgan fingerprint density at radius 1 is 1.23 bits per heavy atom. The average Bonchev–Trinajstić information content (AvgIpc) is 3.13. The molecule has 0 bridgehead atoms. The fraction of sp³-hybridized carbons (Fsp3) is 0.100. The molecular weight excluding hydrogens is 416 g/mol. The molecule has 1 amide bonds. The second-order valence-corrected chi connectivity index (χ2v) is 6.61. The van der Waals surface area contributed by atoms with Gasteiger partial charge in [0.05, 0.1) is 35.2 Å². The van der Waals surface area contributed by atoms with Crippen molar-refractivity contribution in [2.24, 2.45) is 18.6 Å². The number of carbonyl (C=O) groups excluding carboxylic acids is 1. The summed E-state index contributed by atoms with van der Waals surface area (Å²) in [6, 6.07) is 7.78. The van der Waals surface area contributed by atoms with Gasteiger partial charge in [-0.2, -0.15) is 13.2 Å². The minimum absolute atomic E-state index is 0.0956. The number of hydrogen-bond donors (Lipinski definition) is 3. The van der Waals surface area contributed by atoms with Crippen LogP contribution in [0.1, 0.15) is 21.6 Å². The molecule has 0 aliphatic heterocycles. The van der Waals surface area contributed by atoms with E-state index in [4.69, 9.17) is 11.6 Å². The van der Waals surface area contributed by atoms with Crippen molar-refractivity contribution in [1.82, 2.24) is 9.55 Å². The lowest BCUT2D eigenvalue weighted by Crippen LogP contribution is -2.26. The molecule has 0 unspecified atom stereocenters. The Morgan fingerprint density at radius 2 is 1.97 bits per heavy atom. The van der Waals surface area contributed by atoms with Gasteiger partial charge < -0.3 is 15.6 Å². The number of nitrogens with two attached hydrogens (primary N) is 2. The van der Waals surface area contributed by atoms with Crippen LogP contribution in [0.15, 0.2) is 61.2 Å². The van der Waals surface area contributed by atoms with Gasteiger partial charge in [0.15, 0.2) is 0 Å². The van der Waals surface area contributed by atoms with E-state index in [-0.39, 0.29) is 11.3 Å². The van der Waals surface area contributed by atoms with Crippen LogP contribution in [0, 0.1) is 5.82 Å². The quantitative estimate of drug-likeness (QED) is 0.324. The van der Waals surface area contributed by atoms with E-state index in [0.29, 0.717) is 29.2 Å². The van der Waals surface area contributed by atoms with E-state index in [1.807, 2.05) is 0 Å². The van der Waals surface area contributed by atoms with E-state index in [0.717, 1.165) is 6.07 Å². The number of nitrogens with one attached hydrogen (secondary N) is 1. The second kappa shape index (κ2) is 8.48.